The molecule has 0 spiro atoms. The molecule has 0 amide bonds. The van der Waals surface area contributed by atoms with Gasteiger partial charge in [0.15, 0.2) is 5.79 Å². The smallest absolute Gasteiger partial charge is 0.170 e. The van der Waals surface area contributed by atoms with Gasteiger partial charge < -0.3 is 18.9 Å². The van der Waals surface area contributed by atoms with E-state index < -0.39 is 5.79 Å². The Balaban J connectivity index is 1.45. The maximum atomic E-state index is 6.68. The molecule has 170 valence electrons. The van der Waals surface area contributed by atoms with Crippen LogP contribution in [0.2, 0.25) is 0 Å². The molecule has 0 N–H and O–H groups in total. The molecule has 1 saturated heterocycles. The predicted octanol–water partition coefficient (Wildman–Crippen LogP) is 4.18. The fraction of sp³-hybridized carbons (Fsp3) is 0.917. The molecule has 0 bridgehead atoms. The Morgan fingerprint density at radius 3 is 2.57 bits per heavy atom. The van der Waals surface area contributed by atoms with Gasteiger partial charge in [-0.15, -0.1) is 0 Å². The van der Waals surface area contributed by atoms with Crippen LogP contribution in [0, 0.1) is 17.3 Å². The van der Waals surface area contributed by atoms with E-state index in [4.69, 9.17) is 28.7 Å². The molecule has 1 heterocycles. The summed E-state index contributed by atoms with van der Waals surface area (Å²) < 4.78 is 24.8. The molecule has 0 aromatic rings. The van der Waals surface area contributed by atoms with E-state index in [1.54, 1.807) is 26.9 Å². The molecule has 30 heavy (non-hydrogen) atoms. The lowest BCUT2D eigenvalue weighted by Gasteiger charge is -2.53. The standard InChI is InChI=1S/C24H38O6/c1-6-28-22(16-29-27-5)12-9-18-17-7-11-21-15-23(25-3,26-4)13-14-24(21,30-21)19(17)8-10-20(18,22)2/h8,17-18H,6-7,9-16H2,1-5H3/t17?,18?,20-,21+,22+,24+/m0/s1. The van der Waals surface area contributed by atoms with Gasteiger partial charge in [0, 0.05) is 39.1 Å². The number of methoxy groups -OCH3 is 2. The van der Waals surface area contributed by atoms with Gasteiger partial charge in [-0.05, 0) is 62.9 Å². The van der Waals surface area contributed by atoms with Crippen LogP contribution in [0.25, 0.3) is 0 Å². The number of fused-ring (bicyclic) bond motifs is 3. The summed E-state index contributed by atoms with van der Waals surface area (Å²) in [6.07, 6.45) is 10.7. The molecule has 4 fully saturated rings. The van der Waals surface area contributed by atoms with Crippen LogP contribution >= 0.6 is 0 Å². The van der Waals surface area contributed by atoms with Crippen molar-refractivity contribution in [2.24, 2.45) is 17.3 Å². The number of allylic oxidation sites excluding steroid dienone is 1. The molecule has 0 aromatic carbocycles. The van der Waals surface area contributed by atoms with E-state index in [1.807, 2.05) is 0 Å². The second-order valence-corrected chi connectivity index (χ2v) is 10.3. The van der Waals surface area contributed by atoms with Crippen LogP contribution in [0.1, 0.15) is 65.2 Å². The van der Waals surface area contributed by atoms with Crippen molar-refractivity contribution in [2.75, 3.05) is 34.5 Å². The van der Waals surface area contributed by atoms with Crippen molar-refractivity contribution in [1.82, 2.24) is 0 Å². The van der Waals surface area contributed by atoms with E-state index in [0.717, 1.165) is 38.5 Å². The Morgan fingerprint density at radius 2 is 1.87 bits per heavy atom. The monoisotopic (exact) mass is 422 g/mol. The SMILES string of the molecule is CCO[C@@]1(COOC)CCC2C3CC[C@@]45CC(OC)(OC)CC[C@@]4(O5)C3=CC[C@@]21C. The van der Waals surface area contributed by atoms with Crippen molar-refractivity contribution < 1.29 is 28.7 Å². The summed E-state index contributed by atoms with van der Waals surface area (Å²) in [5, 5.41) is 0. The first-order chi connectivity index (χ1) is 14.4. The summed E-state index contributed by atoms with van der Waals surface area (Å²) in [6, 6.07) is 0. The van der Waals surface area contributed by atoms with Gasteiger partial charge in [0.2, 0.25) is 0 Å². The van der Waals surface area contributed by atoms with Gasteiger partial charge in [-0.3, -0.25) is 0 Å². The van der Waals surface area contributed by atoms with Gasteiger partial charge in [0.25, 0.3) is 0 Å². The Kier molecular flexibility index (Phi) is 4.98. The number of rotatable bonds is 7. The first-order valence-corrected chi connectivity index (χ1v) is 11.7. The van der Waals surface area contributed by atoms with Crippen LogP contribution in [0.4, 0.5) is 0 Å². The summed E-state index contributed by atoms with van der Waals surface area (Å²) in [6.45, 7) is 5.70. The maximum absolute atomic E-state index is 6.68. The quantitative estimate of drug-likeness (QED) is 0.202. The van der Waals surface area contributed by atoms with Gasteiger partial charge in [-0.25, -0.2) is 9.78 Å². The highest BCUT2D eigenvalue weighted by atomic mass is 17.2. The summed E-state index contributed by atoms with van der Waals surface area (Å²) >= 11 is 0. The molecule has 6 atom stereocenters. The van der Waals surface area contributed by atoms with Crippen molar-refractivity contribution >= 4 is 0 Å². The van der Waals surface area contributed by atoms with Crippen LogP contribution in [-0.4, -0.2) is 57.1 Å². The summed E-state index contributed by atoms with van der Waals surface area (Å²) in [5.74, 6) is 0.672. The van der Waals surface area contributed by atoms with Crippen molar-refractivity contribution in [3.8, 4) is 0 Å². The van der Waals surface area contributed by atoms with Crippen LogP contribution in [-0.2, 0) is 28.7 Å². The lowest BCUT2D eigenvalue weighted by molar-refractivity contribution is -0.314. The summed E-state index contributed by atoms with van der Waals surface area (Å²) in [4.78, 5) is 10.5. The number of hydrogen-bond donors (Lipinski definition) is 0. The highest BCUT2D eigenvalue weighted by Gasteiger charge is 2.79. The van der Waals surface area contributed by atoms with Gasteiger partial charge >= 0.3 is 0 Å². The second-order valence-electron chi connectivity index (χ2n) is 10.3. The van der Waals surface area contributed by atoms with Gasteiger partial charge in [-0.1, -0.05) is 13.0 Å². The maximum Gasteiger partial charge on any atom is 0.170 e. The normalized spacial score (nSPS) is 48.2. The molecule has 2 unspecified atom stereocenters. The minimum Gasteiger partial charge on any atom is -0.372 e. The van der Waals surface area contributed by atoms with Crippen LogP contribution in [0.3, 0.4) is 0 Å². The second kappa shape index (κ2) is 7.00. The zero-order valence-corrected chi connectivity index (χ0v) is 19.3. The number of ether oxygens (including phenoxy) is 4. The molecule has 0 radical (unpaired) electrons. The fourth-order valence-electron chi connectivity index (χ4n) is 8.05. The van der Waals surface area contributed by atoms with Crippen molar-refractivity contribution in [1.29, 1.82) is 0 Å². The lowest BCUT2D eigenvalue weighted by atomic mass is 9.53. The third kappa shape index (κ3) is 2.52. The van der Waals surface area contributed by atoms with Crippen LogP contribution in [0.15, 0.2) is 11.6 Å². The van der Waals surface area contributed by atoms with Gasteiger partial charge in [-0.2, -0.15) is 0 Å². The molecule has 5 aliphatic rings. The molecular formula is C24H38O6. The molecule has 6 nitrogen and oxygen atoms in total. The van der Waals surface area contributed by atoms with E-state index in [2.05, 4.69) is 19.9 Å². The van der Waals surface area contributed by atoms with E-state index >= 15 is 0 Å². The number of hydrogen-bond acceptors (Lipinski definition) is 6. The van der Waals surface area contributed by atoms with Crippen LogP contribution < -0.4 is 0 Å². The fourth-order valence-corrected chi connectivity index (χ4v) is 8.05. The molecule has 3 saturated carbocycles. The highest BCUT2D eigenvalue weighted by molar-refractivity contribution is 5.43. The Hall–Kier alpha value is -0.500. The molecule has 0 aromatic heterocycles. The van der Waals surface area contributed by atoms with E-state index in [9.17, 15) is 0 Å². The molecule has 1 aliphatic heterocycles. The highest BCUT2D eigenvalue weighted by Crippen LogP contribution is 2.74. The van der Waals surface area contributed by atoms with Crippen molar-refractivity contribution in [2.45, 2.75) is 87.8 Å². The summed E-state index contributed by atoms with van der Waals surface area (Å²) in [7, 11) is 5.11. The topological polar surface area (TPSA) is 58.7 Å². The first kappa shape index (κ1) is 21.4. The van der Waals surface area contributed by atoms with E-state index in [0.29, 0.717) is 25.0 Å². The zero-order chi connectivity index (χ0) is 21.3. The largest absolute Gasteiger partial charge is 0.372 e. The van der Waals surface area contributed by atoms with Gasteiger partial charge in [0.05, 0.1) is 7.11 Å². The Labute approximate surface area is 180 Å². The molecule has 4 aliphatic carbocycles. The zero-order valence-electron chi connectivity index (χ0n) is 19.3. The minimum absolute atomic E-state index is 0.0543. The predicted molar refractivity (Wildman–Crippen MR) is 111 cm³/mol. The van der Waals surface area contributed by atoms with Gasteiger partial charge in [0.1, 0.15) is 23.4 Å². The van der Waals surface area contributed by atoms with E-state index in [-0.39, 0.29) is 22.2 Å². The molecular weight excluding hydrogens is 384 g/mol. The third-order valence-corrected chi connectivity index (χ3v) is 9.73. The van der Waals surface area contributed by atoms with Crippen molar-refractivity contribution in [3.05, 3.63) is 11.6 Å². The van der Waals surface area contributed by atoms with Crippen molar-refractivity contribution in [3.63, 3.8) is 0 Å². The molecule has 5 rings (SSSR count). The third-order valence-electron chi connectivity index (χ3n) is 9.73. The Bertz CT molecular complexity index is 718. The minimum atomic E-state index is -0.494. The number of epoxide rings is 1. The van der Waals surface area contributed by atoms with Crippen LogP contribution in [0.5, 0.6) is 0 Å². The average Bonchev–Trinajstić information content (AvgIpc) is 3.36. The molecule has 6 heteroatoms. The average molecular weight is 423 g/mol. The Morgan fingerprint density at radius 1 is 1.07 bits per heavy atom. The van der Waals surface area contributed by atoms with E-state index in [1.165, 1.54) is 12.8 Å². The first-order valence-electron chi connectivity index (χ1n) is 11.7. The summed E-state index contributed by atoms with van der Waals surface area (Å²) in [5.41, 5.74) is 1.16. The lowest BCUT2D eigenvalue weighted by Crippen LogP contribution is -2.56.